The van der Waals surface area contributed by atoms with Gasteiger partial charge in [0.25, 0.3) is 0 Å². The van der Waals surface area contributed by atoms with E-state index in [0.29, 0.717) is 44.2 Å². The minimum atomic E-state index is -3.63. The molecule has 3 aromatic rings. The second-order valence-electron chi connectivity index (χ2n) is 8.82. The zero-order chi connectivity index (χ0) is 25.0. The summed E-state index contributed by atoms with van der Waals surface area (Å²) in [4.78, 5) is 18.0. The van der Waals surface area contributed by atoms with E-state index in [1.54, 1.807) is 18.2 Å². The van der Waals surface area contributed by atoms with Gasteiger partial charge in [0.15, 0.2) is 0 Å². The SMILES string of the molecule is CCC(C)C(C(=O)OCc1nc2cc(S(=O)(=O)N3CCOCC3)ccc2n1CC)c1ccccc1. The summed E-state index contributed by atoms with van der Waals surface area (Å²) in [5, 5.41) is 0. The van der Waals surface area contributed by atoms with Crippen LogP contribution in [0.5, 0.6) is 0 Å². The van der Waals surface area contributed by atoms with Crippen LogP contribution in [0.2, 0.25) is 0 Å². The molecule has 0 spiro atoms. The van der Waals surface area contributed by atoms with Crippen molar-refractivity contribution in [1.29, 1.82) is 0 Å². The van der Waals surface area contributed by atoms with Crippen LogP contribution in [0.4, 0.5) is 0 Å². The largest absolute Gasteiger partial charge is 0.457 e. The molecule has 0 N–H and O–H groups in total. The number of morpholine rings is 1. The number of sulfonamides is 1. The highest BCUT2D eigenvalue weighted by atomic mass is 32.2. The summed E-state index contributed by atoms with van der Waals surface area (Å²) in [6.07, 6.45) is 0.850. The Kier molecular flexibility index (Phi) is 7.88. The first-order valence-electron chi connectivity index (χ1n) is 12.2. The second kappa shape index (κ2) is 10.9. The number of nitrogens with zero attached hydrogens (tertiary/aromatic N) is 3. The van der Waals surface area contributed by atoms with E-state index in [1.807, 2.05) is 41.8 Å². The number of carbonyl (C=O) groups is 1. The summed E-state index contributed by atoms with van der Waals surface area (Å²) in [7, 11) is -3.63. The number of rotatable bonds is 9. The van der Waals surface area contributed by atoms with Crippen LogP contribution in [0.25, 0.3) is 11.0 Å². The normalized spacial score (nSPS) is 16.8. The Morgan fingerprint density at radius 2 is 1.83 bits per heavy atom. The Morgan fingerprint density at radius 1 is 1.11 bits per heavy atom. The summed E-state index contributed by atoms with van der Waals surface area (Å²) in [6.45, 7) is 8.19. The maximum Gasteiger partial charge on any atom is 0.314 e. The molecule has 2 unspecified atom stereocenters. The van der Waals surface area contributed by atoms with Crippen LogP contribution in [0.1, 0.15) is 44.5 Å². The van der Waals surface area contributed by atoms with E-state index in [4.69, 9.17) is 9.47 Å². The maximum atomic E-state index is 13.1. The fraction of sp³-hybridized carbons (Fsp3) is 0.462. The van der Waals surface area contributed by atoms with Crippen LogP contribution < -0.4 is 0 Å². The van der Waals surface area contributed by atoms with Gasteiger partial charge in [-0.05, 0) is 36.6 Å². The lowest BCUT2D eigenvalue weighted by molar-refractivity contribution is -0.148. The molecule has 2 aromatic carbocycles. The third-order valence-corrected chi connectivity index (χ3v) is 8.59. The number of ether oxygens (including phenoxy) is 2. The summed E-state index contributed by atoms with van der Waals surface area (Å²) in [6, 6.07) is 14.7. The fourth-order valence-electron chi connectivity index (χ4n) is 4.54. The van der Waals surface area contributed by atoms with Crippen molar-refractivity contribution in [2.45, 2.75) is 51.2 Å². The highest BCUT2D eigenvalue weighted by Gasteiger charge is 2.29. The quantitative estimate of drug-likeness (QED) is 0.414. The van der Waals surface area contributed by atoms with Gasteiger partial charge < -0.3 is 14.0 Å². The Morgan fingerprint density at radius 3 is 2.49 bits per heavy atom. The van der Waals surface area contributed by atoms with E-state index < -0.39 is 10.0 Å². The van der Waals surface area contributed by atoms with Crippen LogP contribution >= 0.6 is 0 Å². The van der Waals surface area contributed by atoms with Gasteiger partial charge >= 0.3 is 5.97 Å². The molecule has 1 aromatic heterocycles. The number of aryl methyl sites for hydroxylation is 1. The van der Waals surface area contributed by atoms with Gasteiger partial charge in [0.1, 0.15) is 12.4 Å². The van der Waals surface area contributed by atoms with Crippen LogP contribution in [0.15, 0.2) is 53.4 Å². The Labute approximate surface area is 206 Å². The number of benzene rings is 2. The molecule has 188 valence electrons. The lowest BCUT2D eigenvalue weighted by Crippen LogP contribution is -2.40. The number of hydrogen-bond donors (Lipinski definition) is 0. The number of imidazole rings is 1. The fourth-order valence-corrected chi connectivity index (χ4v) is 5.97. The van der Waals surface area contributed by atoms with E-state index in [-0.39, 0.29) is 29.3 Å². The van der Waals surface area contributed by atoms with Crippen molar-refractivity contribution in [2.24, 2.45) is 5.92 Å². The van der Waals surface area contributed by atoms with Crippen molar-refractivity contribution >= 4 is 27.0 Å². The minimum absolute atomic E-state index is 0.0205. The van der Waals surface area contributed by atoms with E-state index in [9.17, 15) is 13.2 Å². The molecule has 1 fully saturated rings. The highest BCUT2D eigenvalue weighted by molar-refractivity contribution is 7.89. The molecule has 0 radical (unpaired) electrons. The van der Waals surface area contributed by atoms with Gasteiger partial charge in [-0.15, -0.1) is 0 Å². The average molecular weight is 500 g/mol. The molecule has 0 bridgehead atoms. The molecule has 0 amide bonds. The molecule has 1 saturated heterocycles. The van der Waals surface area contributed by atoms with Crippen LogP contribution in [0, 0.1) is 5.92 Å². The van der Waals surface area contributed by atoms with Gasteiger partial charge in [-0.2, -0.15) is 4.31 Å². The lowest BCUT2D eigenvalue weighted by Gasteiger charge is -2.26. The second-order valence-corrected chi connectivity index (χ2v) is 10.8. The predicted octanol–water partition coefficient (Wildman–Crippen LogP) is 3.95. The molecule has 4 rings (SSSR count). The van der Waals surface area contributed by atoms with Crippen molar-refractivity contribution in [3.8, 4) is 0 Å². The molecule has 1 aliphatic heterocycles. The summed E-state index contributed by atoms with van der Waals surface area (Å²) in [5.74, 6) is 0.0809. The van der Waals surface area contributed by atoms with Crippen LogP contribution in [0.3, 0.4) is 0 Å². The zero-order valence-corrected chi connectivity index (χ0v) is 21.3. The van der Waals surface area contributed by atoms with E-state index in [0.717, 1.165) is 17.5 Å². The van der Waals surface area contributed by atoms with Gasteiger partial charge in [0.2, 0.25) is 10.0 Å². The average Bonchev–Trinajstić information content (AvgIpc) is 3.25. The number of aromatic nitrogens is 2. The first-order chi connectivity index (χ1) is 16.9. The molecule has 0 aliphatic carbocycles. The number of fused-ring (bicyclic) bond motifs is 1. The molecule has 0 saturated carbocycles. The van der Waals surface area contributed by atoms with Gasteiger partial charge in [-0.1, -0.05) is 50.6 Å². The standard InChI is InChI=1S/C26H33N3O5S/c1-4-19(3)25(20-9-7-6-8-10-20)26(30)34-18-24-27-22-17-21(11-12-23(22)29(24)5-2)35(31,32)28-13-15-33-16-14-28/h6-12,17,19,25H,4-5,13-16,18H2,1-3H3. The van der Waals surface area contributed by atoms with Gasteiger partial charge in [-0.25, -0.2) is 13.4 Å². The number of hydrogen-bond acceptors (Lipinski definition) is 6. The molecular formula is C26H33N3O5S. The summed E-state index contributed by atoms with van der Waals surface area (Å²) < 4.78 is 40.6. The molecule has 2 heterocycles. The van der Waals surface area contributed by atoms with Crippen molar-refractivity contribution in [3.63, 3.8) is 0 Å². The van der Waals surface area contributed by atoms with Crippen LogP contribution in [-0.2, 0) is 37.4 Å². The molecule has 2 atom stereocenters. The van der Waals surface area contributed by atoms with Crippen molar-refractivity contribution in [1.82, 2.24) is 13.9 Å². The molecule has 9 heteroatoms. The van der Waals surface area contributed by atoms with Crippen molar-refractivity contribution < 1.29 is 22.7 Å². The predicted molar refractivity (Wildman–Crippen MR) is 133 cm³/mol. The Bertz CT molecular complexity index is 1270. The third kappa shape index (κ3) is 5.27. The lowest BCUT2D eigenvalue weighted by atomic mass is 9.86. The number of carbonyl (C=O) groups excluding carboxylic acids is 1. The minimum Gasteiger partial charge on any atom is -0.457 e. The van der Waals surface area contributed by atoms with Gasteiger partial charge in [-0.3, -0.25) is 4.79 Å². The van der Waals surface area contributed by atoms with Gasteiger partial charge in [0.05, 0.1) is 35.1 Å². The highest BCUT2D eigenvalue weighted by Crippen LogP contribution is 2.29. The van der Waals surface area contributed by atoms with E-state index in [2.05, 4.69) is 18.8 Å². The topological polar surface area (TPSA) is 90.7 Å². The third-order valence-electron chi connectivity index (χ3n) is 6.69. The molecular weight excluding hydrogens is 466 g/mol. The van der Waals surface area contributed by atoms with E-state index in [1.165, 1.54) is 4.31 Å². The first kappa shape index (κ1) is 25.3. The molecule has 1 aliphatic rings. The maximum absolute atomic E-state index is 13.1. The first-order valence-corrected chi connectivity index (χ1v) is 13.6. The van der Waals surface area contributed by atoms with E-state index >= 15 is 0 Å². The molecule has 8 nitrogen and oxygen atoms in total. The summed E-state index contributed by atoms with van der Waals surface area (Å²) in [5.41, 5.74) is 2.31. The van der Waals surface area contributed by atoms with Crippen molar-refractivity contribution in [3.05, 3.63) is 59.9 Å². The summed E-state index contributed by atoms with van der Waals surface area (Å²) >= 11 is 0. The van der Waals surface area contributed by atoms with Crippen molar-refractivity contribution in [2.75, 3.05) is 26.3 Å². The van der Waals surface area contributed by atoms with Crippen LogP contribution in [-0.4, -0.2) is 54.5 Å². The smallest absolute Gasteiger partial charge is 0.314 e. The molecule has 35 heavy (non-hydrogen) atoms. The number of esters is 1. The zero-order valence-electron chi connectivity index (χ0n) is 20.5. The monoisotopic (exact) mass is 499 g/mol. The van der Waals surface area contributed by atoms with Gasteiger partial charge in [0, 0.05) is 19.6 Å². The Balaban J connectivity index is 1.58. The Hall–Kier alpha value is -2.75.